The molecule has 0 aromatic rings. The minimum absolute atomic E-state index is 0.354. The summed E-state index contributed by atoms with van der Waals surface area (Å²) < 4.78 is 6.21. The van der Waals surface area contributed by atoms with Crippen LogP contribution in [0.1, 0.15) is 6.92 Å². The van der Waals surface area contributed by atoms with Crippen LogP contribution in [0.15, 0.2) is 0 Å². The molecule has 0 aromatic carbocycles. The SMILES string of the molecule is CCOC(=O)SN1NCC(=N)S1. The molecular formula is C5H9N3O2S2. The van der Waals surface area contributed by atoms with Gasteiger partial charge in [0.15, 0.2) is 0 Å². The number of carbonyl (C=O) groups excluding carboxylic acids is 1. The van der Waals surface area contributed by atoms with E-state index in [2.05, 4.69) is 5.43 Å². The van der Waals surface area contributed by atoms with Crippen LogP contribution in [-0.2, 0) is 4.74 Å². The predicted octanol–water partition coefficient (Wildman–Crippen LogP) is 1.24. The van der Waals surface area contributed by atoms with E-state index < -0.39 is 0 Å². The molecule has 1 rings (SSSR count). The van der Waals surface area contributed by atoms with Gasteiger partial charge in [0, 0.05) is 11.9 Å². The Morgan fingerprint density at radius 1 is 2.00 bits per heavy atom. The molecule has 12 heavy (non-hydrogen) atoms. The van der Waals surface area contributed by atoms with Gasteiger partial charge in [-0.15, -0.1) is 3.82 Å². The van der Waals surface area contributed by atoms with Crippen LogP contribution in [-0.4, -0.2) is 27.3 Å². The predicted molar refractivity (Wildman–Crippen MR) is 49.8 cm³/mol. The first-order valence-corrected chi connectivity index (χ1v) is 4.90. The third-order valence-corrected chi connectivity index (χ3v) is 2.65. The lowest BCUT2D eigenvalue weighted by molar-refractivity contribution is 0.181. The molecule has 0 aromatic heterocycles. The van der Waals surface area contributed by atoms with Gasteiger partial charge in [0.05, 0.1) is 30.1 Å². The molecule has 1 fully saturated rings. The number of rotatable bonds is 2. The van der Waals surface area contributed by atoms with Crippen molar-refractivity contribution in [2.24, 2.45) is 0 Å². The summed E-state index contributed by atoms with van der Waals surface area (Å²) in [4.78, 5) is 10.9. The Bertz CT molecular complexity index is 199. The summed E-state index contributed by atoms with van der Waals surface area (Å²) in [6, 6.07) is 0. The molecule has 0 aliphatic carbocycles. The fourth-order valence-corrected chi connectivity index (χ4v) is 2.06. The van der Waals surface area contributed by atoms with Crippen molar-refractivity contribution in [1.82, 2.24) is 9.25 Å². The Morgan fingerprint density at radius 2 is 2.75 bits per heavy atom. The summed E-state index contributed by atoms with van der Waals surface area (Å²) in [6.07, 6.45) is 0. The summed E-state index contributed by atoms with van der Waals surface area (Å²) in [5.74, 6) is 0. The van der Waals surface area contributed by atoms with Gasteiger partial charge in [-0.1, -0.05) is 0 Å². The molecule has 0 saturated carbocycles. The van der Waals surface area contributed by atoms with E-state index in [4.69, 9.17) is 10.1 Å². The Morgan fingerprint density at radius 3 is 3.25 bits per heavy atom. The molecule has 2 N–H and O–H groups in total. The van der Waals surface area contributed by atoms with Crippen LogP contribution in [0.4, 0.5) is 4.79 Å². The van der Waals surface area contributed by atoms with Crippen LogP contribution < -0.4 is 5.43 Å². The maximum absolute atomic E-state index is 10.9. The first-order chi connectivity index (χ1) is 5.72. The zero-order valence-electron chi connectivity index (χ0n) is 6.49. The van der Waals surface area contributed by atoms with E-state index >= 15 is 0 Å². The van der Waals surface area contributed by atoms with Crippen molar-refractivity contribution in [3.8, 4) is 0 Å². The number of hydrazine groups is 1. The second kappa shape index (κ2) is 4.70. The zero-order chi connectivity index (χ0) is 8.97. The third kappa shape index (κ3) is 3.02. The van der Waals surface area contributed by atoms with Crippen molar-refractivity contribution in [1.29, 1.82) is 5.41 Å². The molecule has 1 heterocycles. The van der Waals surface area contributed by atoms with Gasteiger partial charge in [-0.05, 0) is 6.92 Å². The zero-order valence-corrected chi connectivity index (χ0v) is 8.13. The second-order valence-electron chi connectivity index (χ2n) is 1.88. The Balaban J connectivity index is 2.23. The maximum Gasteiger partial charge on any atom is 0.384 e. The number of nitrogens with one attached hydrogen (secondary N) is 2. The highest BCUT2D eigenvalue weighted by molar-refractivity contribution is 8.25. The lowest BCUT2D eigenvalue weighted by Gasteiger charge is -2.08. The van der Waals surface area contributed by atoms with Gasteiger partial charge in [-0.3, -0.25) is 5.41 Å². The third-order valence-electron chi connectivity index (χ3n) is 0.981. The highest BCUT2D eigenvalue weighted by Crippen LogP contribution is 2.24. The Labute approximate surface area is 79.0 Å². The molecule has 7 heteroatoms. The van der Waals surface area contributed by atoms with Gasteiger partial charge in [0.1, 0.15) is 0 Å². The first kappa shape index (κ1) is 9.85. The van der Waals surface area contributed by atoms with Gasteiger partial charge in [0.25, 0.3) is 0 Å². The van der Waals surface area contributed by atoms with Crippen LogP contribution in [0.2, 0.25) is 0 Å². The summed E-state index contributed by atoms with van der Waals surface area (Å²) in [5, 5.41) is 7.36. The summed E-state index contributed by atoms with van der Waals surface area (Å²) in [5.41, 5.74) is 2.83. The van der Waals surface area contributed by atoms with E-state index in [1.807, 2.05) is 0 Å². The van der Waals surface area contributed by atoms with E-state index in [0.717, 1.165) is 11.9 Å². The van der Waals surface area contributed by atoms with Gasteiger partial charge in [-0.2, -0.15) is 0 Å². The molecule has 68 valence electrons. The monoisotopic (exact) mass is 207 g/mol. The van der Waals surface area contributed by atoms with Crippen LogP contribution in [0.3, 0.4) is 0 Å². The van der Waals surface area contributed by atoms with Crippen molar-refractivity contribution in [2.75, 3.05) is 13.2 Å². The molecule has 0 atom stereocenters. The van der Waals surface area contributed by atoms with Crippen LogP contribution in [0.25, 0.3) is 0 Å². The van der Waals surface area contributed by atoms with Gasteiger partial charge < -0.3 is 4.74 Å². The van der Waals surface area contributed by atoms with E-state index in [-0.39, 0.29) is 5.30 Å². The number of carbonyl (C=O) groups is 1. The lowest BCUT2D eigenvalue weighted by Crippen LogP contribution is -2.21. The van der Waals surface area contributed by atoms with Crippen LogP contribution in [0.5, 0.6) is 0 Å². The summed E-state index contributed by atoms with van der Waals surface area (Å²) in [7, 11) is 0. The van der Waals surface area contributed by atoms with E-state index in [9.17, 15) is 4.79 Å². The average Bonchev–Trinajstić information content (AvgIpc) is 2.36. The van der Waals surface area contributed by atoms with Crippen molar-refractivity contribution < 1.29 is 9.53 Å². The fraction of sp³-hybridized carbons (Fsp3) is 0.600. The molecule has 0 unspecified atom stereocenters. The number of nitrogens with zero attached hydrogens (tertiary/aromatic N) is 1. The molecule has 1 saturated heterocycles. The van der Waals surface area contributed by atoms with Crippen molar-refractivity contribution >= 4 is 34.2 Å². The number of ether oxygens (including phenoxy) is 1. The molecule has 0 radical (unpaired) electrons. The highest BCUT2D eigenvalue weighted by Gasteiger charge is 2.21. The van der Waals surface area contributed by atoms with Crippen molar-refractivity contribution in [2.45, 2.75) is 6.92 Å². The van der Waals surface area contributed by atoms with Gasteiger partial charge >= 0.3 is 5.30 Å². The number of hydrogen-bond donors (Lipinski definition) is 2. The molecule has 1 aliphatic rings. The smallest absolute Gasteiger partial charge is 0.384 e. The maximum atomic E-state index is 10.9. The summed E-state index contributed by atoms with van der Waals surface area (Å²) in [6.45, 7) is 2.61. The largest absolute Gasteiger partial charge is 0.457 e. The van der Waals surface area contributed by atoms with Crippen molar-refractivity contribution in [3.05, 3.63) is 0 Å². The topological polar surface area (TPSA) is 65.4 Å². The minimum Gasteiger partial charge on any atom is -0.457 e. The Kier molecular flexibility index (Phi) is 3.86. The Hall–Kier alpha value is -0.240. The normalized spacial score (nSPS) is 18.2. The molecule has 0 bridgehead atoms. The molecule has 5 nitrogen and oxygen atoms in total. The van der Waals surface area contributed by atoms with E-state index in [0.29, 0.717) is 18.2 Å². The second-order valence-corrected chi connectivity index (χ2v) is 4.03. The summed E-state index contributed by atoms with van der Waals surface area (Å²) >= 11 is 2.11. The molecule has 0 amide bonds. The standard InChI is InChI=1S/C5H9N3O2S2/c1-2-10-5(9)12-8-7-3-4(6)11-8/h6-7H,2-3H2,1H3. The minimum atomic E-state index is -0.354. The first-order valence-electron chi connectivity index (χ1n) is 3.36. The number of hydrogen-bond acceptors (Lipinski definition) is 7. The average molecular weight is 207 g/mol. The van der Waals surface area contributed by atoms with Crippen LogP contribution in [0, 0.1) is 5.41 Å². The highest BCUT2D eigenvalue weighted by atomic mass is 32.2. The molecule has 0 spiro atoms. The van der Waals surface area contributed by atoms with Crippen LogP contribution >= 0.6 is 23.9 Å². The van der Waals surface area contributed by atoms with E-state index in [1.54, 1.807) is 6.92 Å². The fourth-order valence-electron chi connectivity index (χ4n) is 0.564. The van der Waals surface area contributed by atoms with Crippen molar-refractivity contribution in [3.63, 3.8) is 0 Å². The molecule has 1 aliphatic heterocycles. The van der Waals surface area contributed by atoms with E-state index in [1.165, 1.54) is 15.8 Å². The quantitative estimate of drug-likeness (QED) is 0.524. The van der Waals surface area contributed by atoms with Gasteiger partial charge in [-0.25, -0.2) is 10.2 Å². The van der Waals surface area contributed by atoms with Gasteiger partial charge in [0.2, 0.25) is 0 Å². The molecular weight excluding hydrogens is 198 g/mol. The lowest BCUT2D eigenvalue weighted by atomic mass is 10.7.